The Hall–Kier alpha value is -0.620. The first-order chi connectivity index (χ1) is 8.16. The number of carbonyl (C=O) groups is 1. The normalized spacial score (nSPS) is 19.3. The SMILES string of the molecule is Cc1ccc(C(=O)NC[C@H]2CCCO2)c(I)c1. The Morgan fingerprint density at radius 1 is 1.59 bits per heavy atom. The minimum absolute atomic E-state index is 0.00935. The largest absolute Gasteiger partial charge is 0.376 e. The molecule has 1 fully saturated rings. The molecular formula is C13H16INO2. The van der Waals surface area contributed by atoms with Crippen LogP contribution in [0.3, 0.4) is 0 Å². The molecule has 1 saturated heterocycles. The molecule has 0 aromatic heterocycles. The van der Waals surface area contributed by atoms with Gasteiger partial charge in [0.1, 0.15) is 0 Å². The van der Waals surface area contributed by atoms with Crippen molar-refractivity contribution in [3.8, 4) is 0 Å². The molecule has 2 rings (SSSR count). The monoisotopic (exact) mass is 345 g/mol. The third-order valence-corrected chi connectivity index (χ3v) is 3.78. The lowest BCUT2D eigenvalue weighted by atomic mass is 10.1. The summed E-state index contributed by atoms with van der Waals surface area (Å²) in [6.45, 7) is 3.46. The van der Waals surface area contributed by atoms with Crippen LogP contribution in [0.2, 0.25) is 0 Å². The van der Waals surface area contributed by atoms with Crippen molar-refractivity contribution in [2.75, 3.05) is 13.2 Å². The summed E-state index contributed by atoms with van der Waals surface area (Å²) in [5.74, 6) is -0.00935. The van der Waals surface area contributed by atoms with Gasteiger partial charge in [-0.05, 0) is 54.5 Å². The third kappa shape index (κ3) is 3.42. The van der Waals surface area contributed by atoms with Gasteiger partial charge in [-0.2, -0.15) is 0 Å². The molecule has 3 nitrogen and oxygen atoms in total. The van der Waals surface area contributed by atoms with E-state index in [0.717, 1.165) is 28.6 Å². The van der Waals surface area contributed by atoms with Crippen LogP contribution in [0.1, 0.15) is 28.8 Å². The van der Waals surface area contributed by atoms with E-state index in [2.05, 4.69) is 27.9 Å². The summed E-state index contributed by atoms with van der Waals surface area (Å²) >= 11 is 2.20. The van der Waals surface area contributed by atoms with Gasteiger partial charge in [-0.15, -0.1) is 0 Å². The number of aryl methyl sites for hydroxylation is 1. The molecular weight excluding hydrogens is 329 g/mol. The molecule has 0 spiro atoms. The Kier molecular flexibility index (Phi) is 4.39. The van der Waals surface area contributed by atoms with E-state index in [9.17, 15) is 4.79 Å². The highest BCUT2D eigenvalue weighted by Gasteiger charge is 2.17. The van der Waals surface area contributed by atoms with Crippen molar-refractivity contribution in [2.24, 2.45) is 0 Å². The van der Waals surface area contributed by atoms with Crippen molar-refractivity contribution >= 4 is 28.5 Å². The summed E-state index contributed by atoms with van der Waals surface area (Å²) < 4.78 is 6.46. The Balaban J connectivity index is 1.94. The second-order valence-electron chi connectivity index (χ2n) is 4.33. The van der Waals surface area contributed by atoms with Crippen molar-refractivity contribution in [2.45, 2.75) is 25.9 Å². The lowest BCUT2D eigenvalue weighted by molar-refractivity contribution is 0.0857. The molecule has 17 heavy (non-hydrogen) atoms. The van der Waals surface area contributed by atoms with E-state index in [1.165, 1.54) is 5.56 Å². The Bertz CT molecular complexity index is 414. The van der Waals surface area contributed by atoms with Crippen molar-refractivity contribution in [3.05, 3.63) is 32.9 Å². The molecule has 0 aliphatic carbocycles. The Morgan fingerprint density at radius 2 is 2.41 bits per heavy atom. The highest BCUT2D eigenvalue weighted by atomic mass is 127. The van der Waals surface area contributed by atoms with Gasteiger partial charge in [0.25, 0.3) is 5.91 Å². The average Bonchev–Trinajstić information content (AvgIpc) is 2.78. The molecule has 92 valence electrons. The van der Waals surface area contributed by atoms with Crippen LogP contribution in [0.25, 0.3) is 0 Å². The number of amides is 1. The zero-order valence-electron chi connectivity index (χ0n) is 9.83. The van der Waals surface area contributed by atoms with Crippen LogP contribution in [0.5, 0.6) is 0 Å². The number of ether oxygens (including phenoxy) is 1. The Labute approximate surface area is 115 Å². The van der Waals surface area contributed by atoms with Gasteiger partial charge in [-0.3, -0.25) is 4.79 Å². The molecule has 4 heteroatoms. The lowest BCUT2D eigenvalue weighted by Crippen LogP contribution is -2.32. The van der Waals surface area contributed by atoms with E-state index in [-0.39, 0.29) is 12.0 Å². The maximum atomic E-state index is 12.0. The molecule has 1 atom stereocenters. The fourth-order valence-corrected chi connectivity index (χ4v) is 2.83. The second-order valence-corrected chi connectivity index (χ2v) is 5.49. The first-order valence-corrected chi connectivity index (χ1v) is 6.90. The molecule has 0 saturated carbocycles. The third-order valence-electron chi connectivity index (χ3n) is 2.88. The van der Waals surface area contributed by atoms with Crippen LogP contribution in [0.15, 0.2) is 18.2 Å². The van der Waals surface area contributed by atoms with Crippen LogP contribution in [0, 0.1) is 10.5 Å². The van der Waals surface area contributed by atoms with Crippen LogP contribution in [-0.4, -0.2) is 25.2 Å². The Morgan fingerprint density at radius 3 is 3.06 bits per heavy atom. The zero-order valence-corrected chi connectivity index (χ0v) is 12.0. The van der Waals surface area contributed by atoms with Gasteiger partial charge >= 0.3 is 0 Å². The lowest BCUT2D eigenvalue weighted by Gasteiger charge is -2.11. The highest BCUT2D eigenvalue weighted by Crippen LogP contribution is 2.15. The van der Waals surface area contributed by atoms with Crippen molar-refractivity contribution in [1.82, 2.24) is 5.32 Å². The number of hydrogen-bond donors (Lipinski definition) is 1. The van der Waals surface area contributed by atoms with Crippen LogP contribution in [-0.2, 0) is 4.74 Å². The molecule has 1 aliphatic heterocycles. The van der Waals surface area contributed by atoms with Gasteiger partial charge in [0.15, 0.2) is 0 Å². The maximum absolute atomic E-state index is 12.0. The molecule has 0 unspecified atom stereocenters. The fraction of sp³-hybridized carbons (Fsp3) is 0.462. The molecule has 1 amide bonds. The zero-order chi connectivity index (χ0) is 12.3. The highest BCUT2D eigenvalue weighted by molar-refractivity contribution is 14.1. The minimum atomic E-state index is -0.00935. The van der Waals surface area contributed by atoms with Gasteiger partial charge in [0, 0.05) is 16.7 Å². The van der Waals surface area contributed by atoms with Gasteiger partial charge in [-0.25, -0.2) is 0 Å². The van der Waals surface area contributed by atoms with E-state index in [4.69, 9.17) is 4.74 Å². The first kappa shape index (κ1) is 12.8. The van der Waals surface area contributed by atoms with Gasteiger partial charge in [0.2, 0.25) is 0 Å². The smallest absolute Gasteiger partial charge is 0.252 e. The molecule has 0 bridgehead atoms. The van der Waals surface area contributed by atoms with Crippen LogP contribution >= 0.6 is 22.6 Å². The van der Waals surface area contributed by atoms with Crippen molar-refractivity contribution in [1.29, 1.82) is 0 Å². The summed E-state index contributed by atoms with van der Waals surface area (Å²) in [6.07, 6.45) is 2.34. The van der Waals surface area contributed by atoms with Crippen molar-refractivity contribution in [3.63, 3.8) is 0 Å². The number of hydrogen-bond acceptors (Lipinski definition) is 2. The standard InChI is InChI=1S/C13H16INO2/c1-9-4-5-11(12(14)7-9)13(16)15-8-10-3-2-6-17-10/h4-5,7,10H,2-3,6,8H2,1H3,(H,15,16)/t10-/m1/s1. The predicted octanol–water partition coefficient (Wildman–Crippen LogP) is 2.51. The maximum Gasteiger partial charge on any atom is 0.252 e. The molecule has 1 aromatic carbocycles. The number of carbonyl (C=O) groups excluding carboxylic acids is 1. The van der Waals surface area contributed by atoms with E-state index >= 15 is 0 Å². The summed E-state index contributed by atoms with van der Waals surface area (Å²) in [7, 11) is 0. The number of nitrogens with one attached hydrogen (secondary N) is 1. The summed E-state index contributed by atoms with van der Waals surface area (Å²) in [5.41, 5.74) is 1.92. The number of benzene rings is 1. The van der Waals surface area contributed by atoms with Crippen LogP contribution in [0.4, 0.5) is 0 Å². The van der Waals surface area contributed by atoms with E-state index in [0.29, 0.717) is 6.54 Å². The fourth-order valence-electron chi connectivity index (χ4n) is 1.91. The summed E-state index contributed by atoms with van der Waals surface area (Å²) in [5, 5.41) is 2.93. The predicted molar refractivity (Wildman–Crippen MR) is 75.2 cm³/mol. The topological polar surface area (TPSA) is 38.3 Å². The molecule has 1 N–H and O–H groups in total. The molecule has 0 radical (unpaired) electrons. The van der Waals surface area contributed by atoms with Gasteiger partial charge in [0.05, 0.1) is 11.7 Å². The average molecular weight is 345 g/mol. The second kappa shape index (κ2) is 5.82. The molecule has 1 heterocycles. The minimum Gasteiger partial charge on any atom is -0.376 e. The molecule has 1 aromatic rings. The summed E-state index contributed by atoms with van der Waals surface area (Å²) in [4.78, 5) is 12.0. The van der Waals surface area contributed by atoms with E-state index in [1.54, 1.807) is 0 Å². The quantitative estimate of drug-likeness (QED) is 0.855. The van der Waals surface area contributed by atoms with Gasteiger partial charge < -0.3 is 10.1 Å². The molecule has 1 aliphatic rings. The number of halogens is 1. The van der Waals surface area contributed by atoms with E-state index < -0.39 is 0 Å². The van der Waals surface area contributed by atoms with Gasteiger partial charge in [-0.1, -0.05) is 11.6 Å². The first-order valence-electron chi connectivity index (χ1n) is 5.83. The van der Waals surface area contributed by atoms with Crippen molar-refractivity contribution < 1.29 is 9.53 Å². The van der Waals surface area contributed by atoms with Crippen LogP contribution < -0.4 is 5.32 Å². The summed E-state index contributed by atoms with van der Waals surface area (Å²) in [6, 6.07) is 5.85. The van der Waals surface area contributed by atoms with E-state index in [1.807, 2.05) is 25.1 Å². The number of rotatable bonds is 3.